The molecule has 0 atom stereocenters. The number of ether oxygens (including phenoxy) is 2. The van der Waals surface area contributed by atoms with Gasteiger partial charge in [-0.1, -0.05) is 17.3 Å². The molecule has 8 nitrogen and oxygen atoms in total. The van der Waals surface area contributed by atoms with Crippen molar-refractivity contribution < 1.29 is 14.0 Å². The van der Waals surface area contributed by atoms with Gasteiger partial charge in [-0.05, 0) is 50.4 Å². The van der Waals surface area contributed by atoms with Gasteiger partial charge in [0.2, 0.25) is 0 Å². The number of hydrogen-bond acceptors (Lipinski definition) is 6. The van der Waals surface area contributed by atoms with Gasteiger partial charge in [0.1, 0.15) is 0 Å². The highest BCUT2D eigenvalue weighted by Crippen LogP contribution is 2.34. The lowest BCUT2D eigenvalue weighted by Crippen LogP contribution is -2.37. The van der Waals surface area contributed by atoms with E-state index in [1.54, 1.807) is 14.2 Å². The highest BCUT2D eigenvalue weighted by atomic mass is 16.5. The van der Waals surface area contributed by atoms with Crippen molar-refractivity contribution in [3.05, 3.63) is 52.6 Å². The van der Waals surface area contributed by atoms with Crippen molar-refractivity contribution in [2.45, 2.75) is 31.7 Å². The number of likely N-dealkylation sites (tertiary alicyclic amines) is 1. The first-order valence-corrected chi connectivity index (χ1v) is 11.1. The van der Waals surface area contributed by atoms with Crippen LogP contribution < -0.4 is 15.2 Å². The fourth-order valence-electron chi connectivity index (χ4n) is 4.80. The Labute approximate surface area is 185 Å². The summed E-state index contributed by atoms with van der Waals surface area (Å²) in [6.45, 7) is 2.97. The number of imidazole rings is 1. The zero-order valence-corrected chi connectivity index (χ0v) is 18.5. The van der Waals surface area contributed by atoms with Crippen LogP contribution in [0, 0.1) is 0 Å². The number of piperidine rings is 1. The monoisotopic (exact) mass is 436 g/mol. The molecule has 0 radical (unpaired) electrons. The molecule has 0 spiro atoms. The molecule has 0 saturated carbocycles. The van der Waals surface area contributed by atoms with Crippen LogP contribution in [0.15, 0.2) is 45.7 Å². The van der Waals surface area contributed by atoms with Gasteiger partial charge >= 0.3 is 5.69 Å². The number of nitrogens with zero attached hydrogens (tertiary/aromatic N) is 3. The van der Waals surface area contributed by atoms with Crippen LogP contribution >= 0.6 is 0 Å². The molecule has 0 amide bonds. The van der Waals surface area contributed by atoms with Gasteiger partial charge in [-0.2, -0.15) is 0 Å². The molecule has 3 heterocycles. The predicted molar refractivity (Wildman–Crippen MR) is 123 cm³/mol. The number of H-pyrrole nitrogens is 1. The third-order valence-electron chi connectivity index (χ3n) is 6.49. The van der Waals surface area contributed by atoms with Crippen LogP contribution in [-0.4, -0.2) is 53.5 Å². The maximum Gasteiger partial charge on any atom is 0.326 e. The quantitative estimate of drug-likeness (QED) is 0.475. The highest BCUT2D eigenvalue weighted by Gasteiger charge is 2.23. The molecule has 168 valence electrons. The summed E-state index contributed by atoms with van der Waals surface area (Å²) in [5, 5.41) is 5.24. The van der Waals surface area contributed by atoms with Gasteiger partial charge in [-0.15, -0.1) is 0 Å². The van der Waals surface area contributed by atoms with E-state index in [4.69, 9.17) is 14.0 Å². The van der Waals surface area contributed by atoms with E-state index >= 15 is 0 Å². The standard InChI is InChI=1S/C24H28N4O4/c1-30-22-14-17-18(26-32-21(17)15-23(22)31-2)7-5-11-27-12-9-16(10-13-27)28-20-8-4-3-6-19(20)25-24(28)29/h3-4,6,8,14-16H,5,7,9-13H2,1-2H3,(H,25,29). The van der Waals surface area contributed by atoms with Crippen LogP contribution in [0.2, 0.25) is 0 Å². The molecule has 5 rings (SSSR count). The van der Waals surface area contributed by atoms with Crippen LogP contribution in [-0.2, 0) is 6.42 Å². The zero-order chi connectivity index (χ0) is 22.1. The minimum Gasteiger partial charge on any atom is -0.493 e. The second-order valence-corrected chi connectivity index (χ2v) is 8.33. The summed E-state index contributed by atoms with van der Waals surface area (Å²) in [5.41, 5.74) is 3.56. The van der Waals surface area contributed by atoms with E-state index in [0.29, 0.717) is 17.1 Å². The number of benzene rings is 2. The fourth-order valence-corrected chi connectivity index (χ4v) is 4.80. The molecule has 32 heavy (non-hydrogen) atoms. The summed E-state index contributed by atoms with van der Waals surface area (Å²) in [6, 6.07) is 11.9. The van der Waals surface area contributed by atoms with Crippen LogP contribution in [0.1, 0.15) is 31.0 Å². The smallest absolute Gasteiger partial charge is 0.326 e. The third-order valence-corrected chi connectivity index (χ3v) is 6.49. The average molecular weight is 437 g/mol. The summed E-state index contributed by atoms with van der Waals surface area (Å²) < 4.78 is 18.2. The number of para-hydroxylation sites is 2. The molecule has 0 aliphatic carbocycles. The Bertz CT molecular complexity index is 1280. The molecule has 4 aromatic rings. The maximum absolute atomic E-state index is 12.5. The number of rotatable bonds is 7. The van der Waals surface area contributed by atoms with E-state index in [2.05, 4.69) is 15.0 Å². The Morgan fingerprint density at radius 2 is 1.88 bits per heavy atom. The van der Waals surface area contributed by atoms with Crippen LogP contribution in [0.4, 0.5) is 0 Å². The molecular formula is C24H28N4O4. The number of nitrogens with one attached hydrogen (secondary N) is 1. The Morgan fingerprint density at radius 1 is 1.12 bits per heavy atom. The summed E-state index contributed by atoms with van der Waals surface area (Å²) in [5.74, 6) is 1.32. The van der Waals surface area contributed by atoms with E-state index < -0.39 is 0 Å². The second-order valence-electron chi connectivity index (χ2n) is 8.33. The van der Waals surface area contributed by atoms with Crippen LogP contribution in [0.3, 0.4) is 0 Å². The normalized spacial score (nSPS) is 15.6. The minimum atomic E-state index is -0.00498. The highest BCUT2D eigenvalue weighted by molar-refractivity contribution is 5.83. The van der Waals surface area contributed by atoms with Gasteiger partial charge in [-0.3, -0.25) is 4.57 Å². The van der Waals surface area contributed by atoms with Gasteiger partial charge in [-0.25, -0.2) is 4.79 Å². The molecule has 8 heteroatoms. The van der Waals surface area contributed by atoms with Crippen molar-refractivity contribution in [3.63, 3.8) is 0 Å². The second kappa shape index (κ2) is 8.70. The van der Waals surface area contributed by atoms with Gasteiger partial charge in [0, 0.05) is 30.6 Å². The first-order chi connectivity index (χ1) is 15.7. The van der Waals surface area contributed by atoms with Crippen LogP contribution in [0.5, 0.6) is 11.5 Å². The number of methoxy groups -OCH3 is 2. The third kappa shape index (κ3) is 3.75. The minimum absolute atomic E-state index is 0.00498. The molecule has 0 bridgehead atoms. The summed E-state index contributed by atoms with van der Waals surface area (Å²) in [4.78, 5) is 17.9. The molecule has 2 aromatic heterocycles. The lowest BCUT2D eigenvalue weighted by Gasteiger charge is -2.32. The van der Waals surface area contributed by atoms with Gasteiger partial charge in [0.25, 0.3) is 0 Å². The molecule has 1 aliphatic heterocycles. The summed E-state index contributed by atoms with van der Waals surface area (Å²) in [7, 11) is 3.24. The topological polar surface area (TPSA) is 85.5 Å². The van der Waals surface area contributed by atoms with Crippen molar-refractivity contribution in [2.75, 3.05) is 33.9 Å². The molecule has 1 N–H and O–H groups in total. The van der Waals surface area contributed by atoms with Crippen molar-refractivity contribution >= 4 is 22.0 Å². The van der Waals surface area contributed by atoms with Gasteiger partial charge in [0.15, 0.2) is 17.1 Å². The van der Waals surface area contributed by atoms with E-state index in [1.807, 2.05) is 41.0 Å². The number of fused-ring (bicyclic) bond motifs is 2. The fraction of sp³-hybridized carbons (Fsp3) is 0.417. The number of aryl methyl sites for hydroxylation is 1. The Kier molecular flexibility index (Phi) is 5.61. The lowest BCUT2D eigenvalue weighted by molar-refractivity contribution is 0.185. The number of aromatic amines is 1. The molecule has 1 fully saturated rings. The first-order valence-electron chi connectivity index (χ1n) is 11.1. The van der Waals surface area contributed by atoms with Crippen molar-refractivity contribution in [2.24, 2.45) is 0 Å². The Hall–Kier alpha value is -3.26. The van der Waals surface area contributed by atoms with Crippen LogP contribution in [0.25, 0.3) is 22.0 Å². The molecule has 1 saturated heterocycles. The SMILES string of the molecule is COc1cc2onc(CCCN3CCC(n4c(=O)[nH]c5ccccc54)CC3)c2cc1OC. The molecule has 2 aromatic carbocycles. The molecular weight excluding hydrogens is 408 g/mol. The van der Waals surface area contributed by atoms with E-state index in [0.717, 1.165) is 67.4 Å². The lowest BCUT2D eigenvalue weighted by atomic mass is 10.0. The first kappa shape index (κ1) is 20.6. The molecule has 1 aliphatic rings. The van der Waals surface area contributed by atoms with Crippen molar-refractivity contribution in [1.29, 1.82) is 0 Å². The van der Waals surface area contributed by atoms with Crippen molar-refractivity contribution in [1.82, 2.24) is 19.6 Å². The average Bonchev–Trinajstić information content (AvgIpc) is 3.38. The van der Waals surface area contributed by atoms with E-state index in [1.165, 1.54) is 0 Å². The van der Waals surface area contributed by atoms with Gasteiger partial charge in [0.05, 0.1) is 30.9 Å². The number of hydrogen-bond donors (Lipinski definition) is 1. The Morgan fingerprint density at radius 3 is 2.66 bits per heavy atom. The summed E-state index contributed by atoms with van der Waals surface area (Å²) in [6.07, 6.45) is 3.79. The van der Waals surface area contributed by atoms with Gasteiger partial charge < -0.3 is 23.9 Å². The number of aromatic nitrogens is 3. The Balaban J connectivity index is 1.19. The van der Waals surface area contributed by atoms with E-state index in [9.17, 15) is 4.79 Å². The zero-order valence-electron chi connectivity index (χ0n) is 18.5. The molecule has 0 unspecified atom stereocenters. The largest absolute Gasteiger partial charge is 0.493 e. The van der Waals surface area contributed by atoms with Crippen molar-refractivity contribution in [3.8, 4) is 11.5 Å². The predicted octanol–water partition coefficient (Wildman–Crippen LogP) is 3.76. The van der Waals surface area contributed by atoms with E-state index in [-0.39, 0.29) is 11.7 Å². The summed E-state index contributed by atoms with van der Waals surface area (Å²) >= 11 is 0. The maximum atomic E-state index is 12.5.